The highest BCUT2D eigenvalue weighted by Gasteiger charge is 2.30. The van der Waals surface area contributed by atoms with Crippen molar-refractivity contribution in [2.24, 2.45) is 0 Å². The summed E-state index contributed by atoms with van der Waals surface area (Å²) in [5.74, 6) is 0.158. The molecule has 0 heterocycles. The number of hydrogen-bond donors (Lipinski definition) is 1. The lowest BCUT2D eigenvalue weighted by Gasteiger charge is -2.31. The van der Waals surface area contributed by atoms with Gasteiger partial charge >= 0.3 is 0 Å². The molecule has 2 amide bonds. The van der Waals surface area contributed by atoms with Crippen molar-refractivity contribution in [2.75, 3.05) is 13.2 Å². The molecular formula is C27H29ClN2O3. The minimum atomic E-state index is -0.684. The van der Waals surface area contributed by atoms with Crippen molar-refractivity contribution in [1.29, 1.82) is 0 Å². The molecule has 0 saturated heterocycles. The fourth-order valence-electron chi connectivity index (χ4n) is 3.57. The Morgan fingerprint density at radius 1 is 0.970 bits per heavy atom. The Hall–Kier alpha value is -3.31. The molecule has 33 heavy (non-hydrogen) atoms. The number of amides is 2. The molecule has 0 saturated carbocycles. The molecule has 0 aliphatic heterocycles. The van der Waals surface area contributed by atoms with Gasteiger partial charge in [0, 0.05) is 24.5 Å². The number of benzene rings is 3. The van der Waals surface area contributed by atoms with E-state index in [1.807, 2.05) is 80.6 Å². The highest BCUT2D eigenvalue weighted by molar-refractivity contribution is 6.30. The minimum absolute atomic E-state index is 0.165. The molecule has 0 aromatic heterocycles. The fourth-order valence-corrected chi connectivity index (χ4v) is 3.69. The van der Waals surface area contributed by atoms with Gasteiger partial charge in [-0.3, -0.25) is 9.59 Å². The van der Waals surface area contributed by atoms with Crippen molar-refractivity contribution in [3.05, 3.63) is 101 Å². The maximum absolute atomic E-state index is 13.4. The second-order valence-electron chi connectivity index (χ2n) is 7.85. The van der Waals surface area contributed by atoms with Gasteiger partial charge in [-0.2, -0.15) is 0 Å². The molecule has 0 aliphatic carbocycles. The smallest absolute Gasteiger partial charge is 0.261 e. The van der Waals surface area contributed by atoms with E-state index in [1.54, 1.807) is 17.0 Å². The number of likely N-dealkylation sites (N-methyl/N-ethyl adjacent to an activating group) is 1. The molecular weight excluding hydrogens is 436 g/mol. The van der Waals surface area contributed by atoms with Crippen molar-refractivity contribution in [3.8, 4) is 5.75 Å². The van der Waals surface area contributed by atoms with Gasteiger partial charge in [-0.25, -0.2) is 0 Å². The van der Waals surface area contributed by atoms with Gasteiger partial charge in [-0.05, 0) is 54.8 Å². The van der Waals surface area contributed by atoms with Crippen LogP contribution in [0.4, 0.5) is 0 Å². The van der Waals surface area contributed by atoms with E-state index < -0.39 is 6.04 Å². The topological polar surface area (TPSA) is 58.6 Å². The van der Waals surface area contributed by atoms with Crippen LogP contribution in [0, 0.1) is 6.92 Å². The quantitative estimate of drug-likeness (QED) is 0.468. The van der Waals surface area contributed by atoms with Crippen LogP contribution < -0.4 is 10.1 Å². The molecule has 172 valence electrons. The van der Waals surface area contributed by atoms with E-state index in [4.69, 9.17) is 16.3 Å². The van der Waals surface area contributed by atoms with Gasteiger partial charge in [-0.15, -0.1) is 0 Å². The second kappa shape index (κ2) is 12.1. The largest absolute Gasteiger partial charge is 0.484 e. The number of ether oxygens (including phenoxy) is 1. The maximum atomic E-state index is 13.4. The molecule has 1 atom stereocenters. The molecule has 3 aromatic carbocycles. The third kappa shape index (κ3) is 7.36. The first-order valence-electron chi connectivity index (χ1n) is 11.0. The zero-order valence-electron chi connectivity index (χ0n) is 19.0. The summed E-state index contributed by atoms with van der Waals surface area (Å²) < 4.78 is 5.78. The summed E-state index contributed by atoms with van der Waals surface area (Å²) in [6, 6.07) is 23.8. The highest BCUT2D eigenvalue weighted by Crippen LogP contribution is 2.18. The van der Waals surface area contributed by atoms with Gasteiger partial charge in [0.2, 0.25) is 5.91 Å². The summed E-state index contributed by atoms with van der Waals surface area (Å²) in [6.45, 7) is 4.41. The first-order valence-corrected chi connectivity index (χ1v) is 11.4. The van der Waals surface area contributed by atoms with Crippen LogP contribution in [0.15, 0.2) is 78.9 Å². The normalized spacial score (nSPS) is 11.5. The summed E-state index contributed by atoms with van der Waals surface area (Å²) in [5.41, 5.74) is 2.90. The van der Waals surface area contributed by atoms with Crippen molar-refractivity contribution in [3.63, 3.8) is 0 Å². The zero-order chi connectivity index (χ0) is 23.6. The van der Waals surface area contributed by atoms with Gasteiger partial charge in [0.15, 0.2) is 6.61 Å². The second-order valence-corrected chi connectivity index (χ2v) is 8.29. The zero-order valence-corrected chi connectivity index (χ0v) is 19.7. The lowest BCUT2D eigenvalue weighted by Crippen LogP contribution is -2.51. The van der Waals surface area contributed by atoms with Crippen LogP contribution in [0.2, 0.25) is 5.02 Å². The Kier molecular flexibility index (Phi) is 8.90. The van der Waals surface area contributed by atoms with Gasteiger partial charge in [-0.1, -0.05) is 66.2 Å². The number of hydrogen-bond acceptors (Lipinski definition) is 3. The molecule has 0 unspecified atom stereocenters. The van der Waals surface area contributed by atoms with Crippen molar-refractivity contribution >= 4 is 23.4 Å². The molecule has 3 aromatic rings. The monoisotopic (exact) mass is 464 g/mol. The number of carbonyl (C=O) groups excluding carboxylic acids is 2. The molecule has 1 N–H and O–H groups in total. The van der Waals surface area contributed by atoms with Gasteiger partial charge in [0.05, 0.1) is 0 Å². The lowest BCUT2D eigenvalue weighted by molar-refractivity contribution is -0.142. The summed E-state index contributed by atoms with van der Waals surface area (Å²) in [6.07, 6.45) is 0.399. The third-order valence-corrected chi connectivity index (χ3v) is 5.49. The standard InChI is InChI=1S/C27H29ClN2O3/c1-3-29-27(32)25(17-21-9-5-4-6-10-21)30(18-22-12-14-23(28)15-13-22)26(31)19-33-24-11-7-8-20(2)16-24/h4-16,25H,3,17-19H2,1-2H3,(H,29,32)/t25-/m1/s1. The highest BCUT2D eigenvalue weighted by atomic mass is 35.5. The van der Waals surface area contributed by atoms with Crippen LogP contribution in [0.5, 0.6) is 5.75 Å². The van der Waals surface area contributed by atoms with Crippen LogP contribution in [-0.2, 0) is 22.6 Å². The van der Waals surface area contributed by atoms with Crippen molar-refractivity contribution in [1.82, 2.24) is 10.2 Å². The van der Waals surface area contributed by atoms with E-state index in [0.29, 0.717) is 23.7 Å². The average Bonchev–Trinajstić information content (AvgIpc) is 2.82. The van der Waals surface area contributed by atoms with Crippen LogP contribution in [-0.4, -0.2) is 35.9 Å². The molecule has 0 fully saturated rings. The minimum Gasteiger partial charge on any atom is -0.484 e. The van der Waals surface area contributed by atoms with E-state index in [2.05, 4.69) is 5.32 Å². The van der Waals surface area contributed by atoms with E-state index in [0.717, 1.165) is 16.7 Å². The van der Waals surface area contributed by atoms with Crippen LogP contribution in [0.1, 0.15) is 23.6 Å². The molecule has 0 aliphatic rings. The van der Waals surface area contributed by atoms with Crippen LogP contribution >= 0.6 is 11.6 Å². The maximum Gasteiger partial charge on any atom is 0.261 e. The Labute approximate surface area is 200 Å². The molecule has 0 bridgehead atoms. The number of nitrogens with zero attached hydrogens (tertiary/aromatic N) is 1. The van der Waals surface area contributed by atoms with Gasteiger partial charge < -0.3 is 15.0 Å². The number of halogens is 1. The van der Waals surface area contributed by atoms with Gasteiger partial charge in [0.1, 0.15) is 11.8 Å². The number of carbonyl (C=O) groups is 2. The summed E-state index contributed by atoms with van der Waals surface area (Å²) in [4.78, 5) is 28.1. The Bertz CT molecular complexity index is 1050. The first kappa shape index (κ1) is 24.3. The van der Waals surface area contributed by atoms with Crippen molar-refractivity contribution < 1.29 is 14.3 Å². The molecule has 0 radical (unpaired) electrons. The first-order chi connectivity index (χ1) is 16.0. The predicted molar refractivity (Wildman–Crippen MR) is 131 cm³/mol. The number of rotatable bonds is 10. The van der Waals surface area contributed by atoms with Gasteiger partial charge in [0.25, 0.3) is 5.91 Å². The summed E-state index contributed by atoms with van der Waals surface area (Å²) >= 11 is 6.04. The SMILES string of the molecule is CCNC(=O)[C@@H](Cc1ccccc1)N(Cc1ccc(Cl)cc1)C(=O)COc1cccc(C)c1. The lowest BCUT2D eigenvalue weighted by atomic mass is 10.0. The van der Waals surface area contributed by atoms with Crippen LogP contribution in [0.3, 0.4) is 0 Å². The van der Waals surface area contributed by atoms with E-state index in [9.17, 15) is 9.59 Å². The Morgan fingerprint density at radius 3 is 2.36 bits per heavy atom. The predicted octanol–water partition coefficient (Wildman–Crippen LogP) is 4.80. The molecule has 6 heteroatoms. The average molecular weight is 465 g/mol. The Morgan fingerprint density at radius 2 is 1.70 bits per heavy atom. The third-order valence-electron chi connectivity index (χ3n) is 5.24. The van der Waals surface area contributed by atoms with E-state index >= 15 is 0 Å². The van der Waals surface area contributed by atoms with E-state index in [-0.39, 0.29) is 25.0 Å². The summed E-state index contributed by atoms with van der Waals surface area (Å²) in [5, 5.41) is 3.50. The van der Waals surface area contributed by atoms with E-state index in [1.165, 1.54) is 0 Å². The Balaban J connectivity index is 1.88. The van der Waals surface area contributed by atoms with Crippen LogP contribution in [0.25, 0.3) is 0 Å². The fraction of sp³-hybridized carbons (Fsp3) is 0.259. The summed E-state index contributed by atoms with van der Waals surface area (Å²) in [7, 11) is 0. The molecule has 3 rings (SSSR count). The number of aryl methyl sites for hydroxylation is 1. The number of nitrogens with one attached hydrogen (secondary N) is 1. The molecule has 5 nitrogen and oxygen atoms in total. The van der Waals surface area contributed by atoms with Crippen molar-refractivity contribution in [2.45, 2.75) is 32.9 Å². The molecule has 0 spiro atoms.